The van der Waals surface area contributed by atoms with E-state index >= 15 is 0 Å². The number of rotatable bonds is 4. The molecule has 0 bridgehead atoms. The summed E-state index contributed by atoms with van der Waals surface area (Å²) in [6.07, 6.45) is 0. The van der Waals surface area contributed by atoms with Gasteiger partial charge in [-0.2, -0.15) is 0 Å². The van der Waals surface area contributed by atoms with Crippen LogP contribution in [0.3, 0.4) is 0 Å². The average Bonchev–Trinajstić information content (AvgIpc) is 2.76. The number of hydrogen-bond acceptors (Lipinski definition) is 5. The van der Waals surface area contributed by atoms with E-state index in [-0.39, 0.29) is 11.9 Å². The second kappa shape index (κ2) is 5.30. The molecule has 3 N–H and O–H groups in total. The molecule has 5 nitrogen and oxygen atoms in total. The quantitative estimate of drug-likeness (QED) is 0.502. The van der Waals surface area contributed by atoms with Crippen LogP contribution in [-0.2, 0) is 9.53 Å². The number of fused-ring (bicyclic) bond motifs is 1. The Morgan fingerprint density at radius 1 is 1.61 bits per heavy atom. The molecule has 1 unspecified atom stereocenters. The Morgan fingerprint density at radius 3 is 3.11 bits per heavy atom. The van der Waals surface area contributed by atoms with Crippen LogP contribution in [0.4, 0.5) is 5.69 Å². The number of thioether (sulfide) groups is 1. The van der Waals surface area contributed by atoms with Gasteiger partial charge in [0.2, 0.25) is 0 Å². The molecule has 2 aromatic rings. The van der Waals surface area contributed by atoms with E-state index in [4.69, 9.17) is 5.73 Å². The van der Waals surface area contributed by atoms with Crippen LogP contribution in [-0.4, -0.2) is 28.8 Å². The second-order valence-electron chi connectivity index (χ2n) is 4.05. The first-order valence-electron chi connectivity index (χ1n) is 5.56. The van der Waals surface area contributed by atoms with E-state index in [0.29, 0.717) is 11.4 Å². The monoisotopic (exact) mass is 265 g/mol. The highest BCUT2D eigenvalue weighted by atomic mass is 32.2. The molecule has 18 heavy (non-hydrogen) atoms. The van der Waals surface area contributed by atoms with Gasteiger partial charge >= 0.3 is 5.97 Å². The molecular formula is C12H15N3O2S. The Balaban J connectivity index is 2.06. The lowest BCUT2D eigenvalue weighted by Crippen LogP contribution is -2.14. The minimum Gasteiger partial charge on any atom is -0.469 e. The van der Waals surface area contributed by atoms with Crippen molar-refractivity contribution < 1.29 is 9.53 Å². The Labute approximate surface area is 109 Å². The van der Waals surface area contributed by atoms with E-state index in [1.54, 1.807) is 0 Å². The Hall–Kier alpha value is -1.69. The number of nitrogen functional groups attached to an aromatic ring is 1. The number of methoxy groups -OCH3 is 1. The van der Waals surface area contributed by atoms with E-state index in [2.05, 4.69) is 14.7 Å². The Kier molecular flexibility index (Phi) is 3.76. The first kappa shape index (κ1) is 12.8. The third-order valence-corrected chi connectivity index (χ3v) is 3.69. The fourth-order valence-corrected chi connectivity index (χ4v) is 2.43. The topological polar surface area (TPSA) is 81.0 Å². The summed E-state index contributed by atoms with van der Waals surface area (Å²) >= 11 is 1.50. The summed E-state index contributed by atoms with van der Waals surface area (Å²) in [5.41, 5.74) is 8.18. The molecule has 0 saturated heterocycles. The van der Waals surface area contributed by atoms with Crippen molar-refractivity contribution in [2.45, 2.75) is 12.1 Å². The number of nitrogens with one attached hydrogen (secondary N) is 1. The van der Waals surface area contributed by atoms with Gasteiger partial charge in [-0.25, -0.2) is 4.98 Å². The number of nitrogens with two attached hydrogens (primary N) is 1. The van der Waals surface area contributed by atoms with E-state index in [0.717, 1.165) is 16.2 Å². The van der Waals surface area contributed by atoms with Crippen molar-refractivity contribution in [2.75, 3.05) is 18.6 Å². The summed E-state index contributed by atoms with van der Waals surface area (Å²) < 4.78 is 4.68. The van der Waals surface area contributed by atoms with Crippen LogP contribution < -0.4 is 5.73 Å². The predicted molar refractivity (Wildman–Crippen MR) is 72.4 cm³/mol. The van der Waals surface area contributed by atoms with E-state index in [1.807, 2.05) is 25.1 Å². The maximum Gasteiger partial charge on any atom is 0.309 e. The minimum atomic E-state index is -0.206. The van der Waals surface area contributed by atoms with Crippen LogP contribution in [0, 0.1) is 5.92 Å². The molecule has 0 amide bonds. The maximum absolute atomic E-state index is 11.3. The highest BCUT2D eigenvalue weighted by Gasteiger charge is 2.14. The molecule has 1 aromatic carbocycles. The first-order valence-corrected chi connectivity index (χ1v) is 6.54. The molecule has 0 spiro atoms. The molecule has 0 aliphatic rings. The highest BCUT2D eigenvalue weighted by molar-refractivity contribution is 7.99. The number of benzene rings is 1. The number of imidazole rings is 1. The Bertz CT molecular complexity index is 567. The standard InChI is InChI=1S/C12H15N3O2S/c1-7(11(16)17-2)6-18-12-14-9-4-3-8(13)5-10(9)15-12/h3-5,7H,6,13H2,1-2H3,(H,14,15). The van der Waals surface area contributed by atoms with Gasteiger partial charge in [0.05, 0.1) is 24.1 Å². The molecule has 0 radical (unpaired) electrons. The number of hydrogen-bond donors (Lipinski definition) is 2. The zero-order valence-electron chi connectivity index (χ0n) is 10.3. The van der Waals surface area contributed by atoms with Crippen molar-refractivity contribution in [1.29, 1.82) is 0 Å². The van der Waals surface area contributed by atoms with Crippen molar-refractivity contribution in [3.8, 4) is 0 Å². The molecule has 96 valence electrons. The average molecular weight is 265 g/mol. The molecule has 1 aromatic heterocycles. The van der Waals surface area contributed by atoms with Crippen molar-refractivity contribution in [1.82, 2.24) is 9.97 Å². The van der Waals surface area contributed by atoms with Crippen LogP contribution in [0.1, 0.15) is 6.92 Å². The number of ether oxygens (including phenoxy) is 1. The molecular weight excluding hydrogens is 250 g/mol. The van der Waals surface area contributed by atoms with E-state index in [9.17, 15) is 4.79 Å². The molecule has 0 saturated carbocycles. The molecule has 1 atom stereocenters. The number of anilines is 1. The number of nitrogens with zero attached hydrogens (tertiary/aromatic N) is 1. The number of esters is 1. The normalized spacial score (nSPS) is 12.6. The zero-order valence-corrected chi connectivity index (χ0v) is 11.1. The van der Waals surface area contributed by atoms with Crippen LogP contribution in [0.15, 0.2) is 23.4 Å². The number of carbonyl (C=O) groups is 1. The van der Waals surface area contributed by atoms with Crippen LogP contribution in [0.25, 0.3) is 11.0 Å². The van der Waals surface area contributed by atoms with Gasteiger partial charge in [0.1, 0.15) is 0 Å². The lowest BCUT2D eigenvalue weighted by atomic mass is 10.2. The fraction of sp³-hybridized carbons (Fsp3) is 0.333. The van der Waals surface area contributed by atoms with Crippen molar-refractivity contribution in [3.63, 3.8) is 0 Å². The smallest absolute Gasteiger partial charge is 0.309 e. The summed E-state index contributed by atoms with van der Waals surface area (Å²) in [4.78, 5) is 18.8. The molecule has 1 heterocycles. The lowest BCUT2D eigenvalue weighted by Gasteiger charge is -2.06. The molecule has 0 aliphatic heterocycles. The minimum absolute atomic E-state index is 0.154. The lowest BCUT2D eigenvalue weighted by molar-refractivity contribution is -0.143. The predicted octanol–water partition coefficient (Wildman–Crippen LogP) is 2.05. The highest BCUT2D eigenvalue weighted by Crippen LogP contribution is 2.23. The van der Waals surface area contributed by atoms with Gasteiger partial charge in [0.15, 0.2) is 5.16 Å². The van der Waals surface area contributed by atoms with Gasteiger partial charge in [-0.1, -0.05) is 18.7 Å². The van der Waals surface area contributed by atoms with Gasteiger partial charge in [-0.15, -0.1) is 0 Å². The van der Waals surface area contributed by atoms with Gasteiger partial charge in [0.25, 0.3) is 0 Å². The number of H-pyrrole nitrogens is 1. The van der Waals surface area contributed by atoms with Gasteiger partial charge in [-0.3, -0.25) is 4.79 Å². The van der Waals surface area contributed by atoms with Crippen molar-refractivity contribution in [3.05, 3.63) is 18.2 Å². The van der Waals surface area contributed by atoms with E-state index in [1.165, 1.54) is 18.9 Å². The molecule has 0 aliphatic carbocycles. The van der Waals surface area contributed by atoms with E-state index < -0.39 is 0 Å². The largest absolute Gasteiger partial charge is 0.469 e. The van der Waals surface area contributed by atoms with Crippen molar-refractivity contribution >= 4 is 34.5 Å². The summed E-state index contributed by atoms with van der Waals surface area (Å²) in [5, 5.41) is 0.784. The summed E-state index contributed by atoms with van der Waals surface area (Å²) in [6, 6.07) is 5.53. The van der Waals surface area contributed by atoms with Crippen molar-refractivity contribution in [2.24, 2.45) is 5.92 Å². The van der Waals surface area contributed by atoms with Gasteiger partial charge in [0, 0.05) is 11.4 Å². The van der Waals surface area contributed by atoms with Crippen LogP contribution in [0.2, 0.25) is 0 Å². The maximum atomic E-state index is 11.3. The molecule has 0 fully saturated rings. The molecule has 6 heteroatoms. The first-order chi connectivity index (χ1) is 8.60. The summed E-state index contributed by atoms with van der Waals surface area (Å²) in [7, 11) is 1.40. The third-order valence-electron chi connectivity index (χ3n) is 2.56. The number of aromatic nitrogens is 2. The third kappa shape index (κ3) is 2.76. The Morgan fingerprint density at radius 2 is 2.39 bits per heavy atom. The van der Waals surface area contributed by atoms with Gasteiger partial charge < -0.3 is 15.5 Å². The van der Waals surface area contributed by atoms with Crippen LogP contribution in [0.5, 0.6) is 0 Å². The second-order valence-corrected chi connectivity index (χ2v) is 5.06. The zero-order chi connectivity index (χ0) is 13.1. The SMILES string of the molecule is COC(=O)C(C)CSc1nc2ccc(N)cc2[nH]1. The summed E-state index contributed by atoms with van der Waals surface area (Å²) in [6.45, 7) is 1.83. The van der Waals surface area contributed by atoms with Crippen LogP contribution >= 0.6 is 11.8 Å². The van der Waals surface area contributed by atoms with Gasteiger partial charge in [-0.05, 0) is 18.2 Å². The fourth-order valence-electron chi connectivity index (χ4n) is 1.55. The summed E-state index contributed by atoms with van der Waals surface area (Å²) in [5.74, 6) is 0.267. The number of carbonyl (C=O) groups excluding carboxylic acids is 1. The number of aromatic amines is 1. The molecule has 2 rings (SSSR count).